The number of hydrogen-bond acceptors (Lipinski definition) is 3. The second-order valence-corrected chi connectivity index (χ2v) is 6.54. The van der Waals surface area contributed by atoms with Crippen LogP contribution in [0.1, 0.15) is 22.5 Å². The van der Waals surface area contributed by atoms with Gasteiger partial charge in [-0.2, -0.15) is 23.4 Å². The van der Waals surface area contributed by atoms with Crippen LogP contribution in [0.3, 0.4) is 0 Å². The maximum atomic E-state index is 13.2. The van der Waals surface area contributed by atoms with Gasteiger partial charge in [0.1, 0.15) is 5.69 Å². The summed E-state index contributed by atoms with van der Waals surface area (Å²) in [4.78, 5) is 0. The van der Waals surface area contributed by atoms with E-state index in [2.05, 4.69) is 10.2 Å². The molecule has 8 heteroatoms. The number of rotatable bonds is 4. The third-order valence-corrected chi connectivity index (χ3v) is 4.64. The summed E-state index contributed by atoms with van der Waals surface area (Å²) >= 11 is 0. The molecule has 3 heterocycles. The van der Waals surface area contributed by atoms with E-state index in [-0.39, 0.29) is 5.69 Å². The number of alkyl halides is 3. The highest BCUT2D eigenvalue weighted by atomic mass is 19.4. The zero-order valence-corrected chi connectivity index (χ0v) is 15.2. The van der Waals surface area contributed by atoms with Gasteiger partial charge in [0.15, 0.2) is 11.5 Å². The fourth-order valence-electron chi connectivity index (χ4n) is 2.93. The first-order valence-electron chi connectivity index (χ1n) is 8.62. The number of hydrogen-bond donors (Lipinski definition) is 0. The summed E-state index contributed by atoms with van der Waals surface area (Å²) in [6.45, 7) is 4.57. The summed E-state index contributed by atoms with van der Waals surface area (Å²) in [7, 11) is 0. The Labute approximate surface area is 159 Å². The highest BCUT2D eigenvalue weighted by molar-refractivity contribution is 5.57. The topological polar surface area (TPSA) is 48.8 Å². The van der Waals surface area contributed by atoms with Gasteiger partial charge in [-0.05, 0) is 49.2 Å². The largest absolute Gasteiger partial charge is 0.463 e. The molecule has 0 saturated carbocycles. The predicted molar refractivity (Wildman–Crippen MR) is 97.1 cm³/mol. The molecule has 144 valence electrons. The smallest absolute Gasteiger partial charge is 0.435 e. The predicted octanol–water partition coefficient (Wildman–Crippen LogP) is 5.01. The first kappa shape index (κ1) is 18.1. The molecule has 4 aromatic rings. The van der Waals surface area contributed by atoms with E-state index in [1.807, 2.05) is 36.9 Å². The third kappa shape index (κ3) is 3.33. The Morgan fingerprint density at radius 3 is 2.39 bits per heavy atom. The molecule has 0 N–H and O–H groups in total. The molecule has 0 spiro atoms. The molecule has 5 nitrogen and oxygen atoms in total. The van der Waals surface area contributed by atoms with E-state index in [4.69, 9.17) is 4.42 Å². The minimum Gasteiger partial charge on any atom is -0.463 e. The molecule has 0 aliphatic carbocycles. The SMILES string of the molecule is Cc1cnn(Cc2ccc(-n3nc(C(F)(F)F)cc3-c3ccco3)cc2)c1C. The van der Waals surface area contributed by atoms with Gasteiger partial charge >= 0.3 is 6.18 Å². The number of furan rings is 1. The van der Waals surface area contributed by atoms with Crippen molar-refractivity contribution in [1.82, 2.24) is 19.6 Å². The van der Waals surface area contributed by atoms with Gasteiger partial charge in [-0.1, -0.05) is 12.1 Å². The molecule has 0 aliphatic rings. The lowest BCUT2D eigenvalue weighted by atomic mass is 10.2. The summed E-state index contributed by atoms with van der Waals surface area (Å²) in [5.41, 5.74) is 2.95. The zero-order chi connectivity index (χ0) is 19.9. The Bertz CT molecular complexity index is 1090. The average Bonchev–Trinajstić information content (AvgIpc) is 3.38. The highest BCUT2D eigenvalue weighted by Gasteiger charge is 2.35. The summed E-state index contributed by atoms with van der Waals surface area (Å²) in [6.07, 6.45) is -1.32. The van der Waals surface area contributed by atoms with Crippen LogP contribution >= 0.6 is 0 Å². The van der Waals surface area contributed by atoms with Gasteiger partial charge < -0.3 is 4.42 Å². The van der Waals surface area contributed by atoms with Gasteiger partial charge in [-0.15, -0.1) is 0 Å². The van der Waals surface area contributed by atoms with Crippen molar-refractivity contribution < 1.29 is 17.6 Å². The van der Waals surface area contributed by atoms with Crippen LogP contribution in [0.2, 0.25) is 0 Å². The van der Waals surface area contributed by atoms with Gasteiger partial charge in [-0.25, -0.2) is 4.68 Å². The van der Waals surface area contributed by atoms with E-state index in [9.17, 15) is 13.2 Å². The average molecular weight is 386 g/mol. The fourth-order valence-corrected chi connectivity index (χ4v) is 2.93. The normalized spacial score (nSPS) is 11.9. The van der Waals surface area contributed by atoms with Gasteiger partial charge in [0.05, 0.1) is 24.7 Å². The molecular weight excluding hydrogens is 369 g/mol. The van der Waals surface area contributed by atoms with Crippen molar-refractivity contribution in [3.8, 4) is 17.1 Å². The standard InChI is InChI=1S/C20H17F3N4O/c1-13-11-24-26(14(13)2)12-15-5-7-16(8-6-15)27-17(18-4-3-9-28-18)10-19(25-27)20(21,22)23/h3-11H,12H2,1-2H3. The summed E-state index contributed by atoms with van der Waals surface area (Å²) < 4.78 is 47.9. The van der Waals surface area contributed by atoms with Crippen molar-refractivity contribution in [2.24, 2.45) is 0 Å². The van der Waals surface area contributed by atoms with Crippen LogP contribution in [0.15, 0.2) is 59.3 Å². The summed E-state index contributed by atoms with van der Waals surface area (Å²) in [5, 5.41) is 8.08. The molecule has 0 amide bonds. The zero-order valence-electron chi connectivity index (χ0n) is 15.2. The lowest BCUT2D eigenvalue weighted by Crippen LogP contribution is -2.07. The van der Waals surface area contributed by atoms with E-state index in [1.165, 1.54) is 10.9 Å². The summed E-state index contributed by atoms with van der Waals surface area (Å²) in [6, 6.07) is 11.4. The molecular formula is C20H17F3N4O. The molecule has 4 rings (SSSR count). The fraction of sp³-hybridized carbons (Fsp3) is 0.200. The number of aromatic nitrogens is 4. The second kappa shape index (κ2) is 6.70. The van der Waals surface area contributed by atoms with Gasteiger partial charge in [-0.3, -0.25) is 4.68 Å². The van der Waals surface area contributed by atoms with Crippen LogP contribution in [-0.2, 0) is 12.7 Å². The van der Waals surface area contributed by atoms with Gasteiger partial charge in [0.25, 0.3) is 0 Å². The molecule has 0 unspecified atom stereocenters. The Kier molecular flexibility index (Phi) is 4.33. The van der Waals surface area contributed by atoms with E-state index >= 15 is 0 Å². The minimum atomic E-state index is -4.54. The number of nitrogens with zero attached hydrogens (tertiary/aromatic N) is 4. The molecule has 1 aromatic carbocycles. The second-order valence-electron chi connectivity index (χ2n) is 6.54. The lowest BCUT2D eigenvalue weighted by Gasteiger charge is -2.09. The molecule has 0 fully saturated rings. The van der Waals surface area contributed by atoms with Crippen molar-refractivity contribution in [2.45, 2.75) is 26.6 Å². The van der Waals surface area contributed by atoms with Gasteiger partial charge in [0, 0.05) is 11.8 Å². The minimum absolute atomic E-state index is 0.239. The third-order valence-electron chi connectivity index (χ3n) is 4.64. The van der Waals surface area contributed by atoms with Crippen molar-refractivity contribution in [2.75, 3.05) is 0 Å². The molecule has 0 atom stereocenters. The van der Waals surface area contributed by atoms with E-state index < -0.39 is 11.9 Å². The number of halogens is 3. The van der Waals surface area contributed by atoms with Crippen LogP contribution < -0.4 is 0 Å². The van der Waals surface area contributed by atoms with Crippen molar-refractivity contribution in [3.05, 3.63) is 77.4 Å². The number of benzene rings is 1. The molecule has 0 saturated heterocycles. The van der Waals surface area contributed by atoms with Crippen molar-refractivity contribution in [1.29, 1.82) is 0 Å². The first-order chi connectivity index (χ1) is 13.3. The number of aryl methyl sites for hydroxylation is 1. The Morgan fingerprint density at radius 1 is 1.07 bits per heavy atom. The van der Waals surface area contributed by atoms with Crippen LogP contribution in [0.25, 0.3) is 17.1 Å². The Balaban J connectivity index is 1.69. The molecule has 0 radical (unpaired) electrons. The van der Waals surface area contributed by atoms with Crippen LogP contribution in [0.5, 0.6) is 0 Å². The highest BCUT2D eigenvalue weighted by Crippen LogP contribution is 2.33. The molecule has 28 heavy (non-hydrogen) atoms. The van der Waals surface area contributed by atoms with Crippen molar-refractivity contribution >= 4 is 0 Å². The summed E-state index contributed by atoms with van der Waals surface area (Å²) in [5.74, 6) is 0.315. The Hall–Kier alpha value is -3.29. The monoisotopic (exact) mass is 386 g/mol. The van der Waals surface area contributed by atoms with E-state index in [0.717, 1.165) is 22.9 Å². The maximum Gasteiger partial charge on any atom is 0.435 e. The molecule has 3 aromatic heterocycles. The molecule has 0 aliphatic heterocycles. The quantitative estimate of drug-likeness (QED) is 0.495. The van der Waals surface area contributed by atoms with Crippen LogP contribution in [-0.4, -0.2) is 19.6 Å². The van der Waals surface area contributed by atoms with Crippen molar-refractivity contribution in [3.63, 3.8) is 0 Å². The lowest BCUT2D eigenvalue weighted by molar-refractivity contribution is -0.141. The Morgan fingerprint density at radius 2 is 1.82 bits per heavy atom. The van der Waals surface area contributed by atoms with E-state index in [1.54, 1.807) is 24.3 Å². The van der Waals surface area contributed by atoms with E-state index in [0.29, 0.717) is 18.0 Å². The van der Waals surface area contributed by atoms with Crippen LogP contribution in [0, 0.1) is 13.8 Å². The van der Waals surface area contributed by atoms with Gasteiger partial charge in [0.2, 0.25) is 0 Å². The maximum absolute atomic E-state index is 13.2. The first-order valence-corrected chi connectivity index (χ1v) is 8.62. The van der Waals surface area contributed by atoms with Crippen LogP contribution in [0.4, 0.5) is 13.2 Å². The molecule has 0 bridgehead atoms.